The van der Waals surface area contributed by atoms with Crippen molar-refractivity contribution in [2.24, 2.45) is 0 Å². The monoisotopic (exact) mass is 393 g/mol. The molecule has 1 heterocycles. The van der Waals surface area contributed by atoms with Gasteiger partial charge in [0.15, 0.2) is 11.5 Å². The smallest absolute Gasteiger partial charge is 0.411 e. The van der Waals surface area contributed by atoms with Crippen molar-refractivity contribution in [3.05, 3.63) is 18.1 Å². The topological polar surface area (TPSA) is 148 Å². The number of carbonyl (C=O) groups is 3. The average Bonchev–Trinajstić information content (AvgIpc) is 2.59. The number of hydrogen-bond acceptors (Lipinski definition) is 7. The number of carbonyl (C=O) groups excluding carboxylic acids is 2. The van der Waals surface area contributed by atoms with E-state index in [4.69, 9.17) is 15.6 Å². The van der Waals surface area contributed by atoms with Gasteiger partial charge in [0.2, 0.25) is 0 Å². The highest BCUT2D eigenvalue weighted by molar-refractivity contribution is 5.96. The summed E-state index contributed by atoms with van der Waals surface area (Å²) in [5, 5.41) is 12.0. The lowest BCUT2D eigenvalue weighted by atomic mass is 9.90. The van der Waals surface area contributed by atoms with Gasteiger partial charge in [-0.25, -0.2) is 14.8 Å². The van der Waals surface area contributed by atoms with Gasteiger partial charge in [0.05, 0.1) is 0 Å². The fourth-order valence-electron chi connectivity index (χ4n) is 3.12. The minimum atomic E-state index is -1.10. The van der Waals surface area contributed by atoms with Gasteiger partial charge < -0.3 is 20.9 Å². The molecule has 2 amide bonds. The Kier molecular flexibility index (Phi) is 6.76. The first kappa shape index (κ1) is 21.4. The maximum atomic E-state index is 12.4. The van der Waals surface area contributed by atoms with Crippen LogP contribution in [0.5, 0.6) is 0 Å². The van der Waals surface area contributed by atoms with E-state index in [-0.39, 0.29) is 23.6 Å². The quantitative estimate of drug-likeness (QED) is 0.680. The Balaban J connectivity index is 1.96. The number of nitrogens with one attached hydrogen (secondary N) is 1. The molecular formula is C18H27N5O5. The molecule has 1 fully saturated rings. The molecule has 0 unspecified atom stereocenters. The first-order chi connectivity index (χ1) is 13.1. The number of rotatable bonds is 5. The van der Waals surface area contributed by atoms with E-state index in [0.717, 1.165) is 0 Å². The van der Waals surface area contributed by atoms with Crippen molar-refractivity contribution in [3.8, 4) is 0 Å². The third kappa shape index (κ3) is 6.07. The molecule has 1 aliphatic carbocycles. The third-order valence-corrected chi connectivity index (χ3v) is 4.35. The Labute approximate surface area is 163 Å². The number of anilines is 1. The minimum Gasteiger partial charge on any atom is -0.480 e. The Morgan fingerprint density at radius 1 is 1.21 bits per heavy atom. The van der Waals surface area contributed by atoms with Gasteiger partial charge in [-0.2, -0.15) is 0 Å². The molecule has 28 heavy (non-hydrogen) atoms. The molecule has 1 aliphatic rings. The van der Waals surface area contributed by atoms with Gasteiger partial charge in [0, 0.05) is 24.5 Å². The average molecular weight is 393 g/mol. The van der Waals surface area contributed by atoms with Crippen molar-refractivity contribution in [3.63, 3.8) is 0 Å². The van der Waals surface area contributed by atoms with Gasteiger partial charge in [-0.1, -0.05) is 0 Å². The molecule has 0 atom stereocenters. The predicted molar refractivity (Wildman–Crippen MR) is 101 cm³/mol. The summed E-state index contributed by atoms with van der Waals surface area (Å²) in [4.78, 5) is 45.0. The number of aromatic nitrogens is 2. The van der Waals surface area contributed by atoms with E-state index in [0.29, 0.717) is 25.7 Å². The van der Waals surface area contributed by atoms with Crippen LogP contribution in [0.25, 0.3) is 0 Å². The Bertz CT molecular complexity index is 725. The SMILES string of the molecule is CC(C)(C)OC(=O)N(CC(=O)O)[C@H]1CC[C@H](NC(=O)c2nccnc2N)CC1. The molecule has 0 saturated heterocycles. The summed E-state index contributed by atoms with van der Waals surface area (Å²) in [5.41, 5.74) is 5.03. The molecule has 0 bridgehead atoms. The van der Waals surface area contributed by atoms with Crippen LogP contribution in [0.2, 0.25) is 0 Å². The zero-order valence-electron chi connectivity index (χ0n) is 16.3. The van der Waals surface area contributed by atoms with Gasteiger partial charge >= 0.3 is 12.1 Å². The molecule has 2 rings (SSSR count). The number of hydrogen-bond donors (Lipinski definition) is 3. The highest BCUT2D eigenvalue weighted by Gasteiger charge is 2.33. The molecule has 0 aliphatic heterocycles. The number of nitrogens with two attached hydrogens (primary N) is 1. The predicted octanol–water partition coefficient (Wildman–Crippen LogP) is 1.42. The van der Waals surface area contributed by atoms with Crippen LogP contribution in [-0.2, 0) is 9.53 Å². The summed E-state index contributed by atoms with van der Waals surface area (Å²) in [6.07, 6.45) is 4.44. The molecule has 10 nitrogen and oxygen atoms in total. The number of amides is 2. The maximum absolute atomic E-state index is 12.4. The number of carboxylic acids is 1. The number of nitrogens with zero attached hydrogens (tertiary/aromatic N) is 3. The molecule has 1 aromatic heterocycles. The second kappa shape index (κ2) is 8.85. The van der Waals surface area contributed by atoms with Crippen LogP contribution in [0.1, 0.15) is 56.9 Å². The summed E-state index contributed by atoms with van der Waals surface area (Å²) in [7, 11) is 0. The Morgan fingerprint density at radius 2 is 1.82 bits per heavy atom. The molecular weight excluding hydrogens is 366 g/mol. The van der Waals surface area contributed by atoms with Crippen molar-refractivity contribution >= 4 is 23.8 Å². The van der Waals surface area contributed by atoms with Crippen LogP contribution in [0.4, 0.5) is 10.6 Å². The lowest BCUT2D eigenvalue weighted by molar-refractivity contribution is -0.139. The van der Waals surface area contributed by atoms with Crippen molar-refractivity contribution in [2.75, 3.05) is 12.3 Å². The third-order valence-electron chi connectivity index (χ3n) is 4.35. The molecule has 10 heteroatoms. The van der Waals surface area contributed by atoms with E-state index in [9.17, 15) is 14.4 Å². The molecule has 0 spiro atoms. The normalized spacial score (nSPS) is 19.5. The fraction of sp³-hybridized carbons (Fsp3) is 0.611. The standard InChI is InChI=1S/C18H27N5O5/c1-18(2,3)28-17(27)23(10-13(24)25)12-6-4-11(5-7-12)22-16(26)14-15(19)21-9-8-20-14/h8-9,11-12H,4-7,10H2,1-3H3,(H2,19,21)(H,22,26)(H,24,25)/t11-,12-. The molecule has 1 saturated carbocycles. The molecule has 154 valence electrons. The van der Waals surface area contributed by atoms with Gasteiger partial charge in [-0.3, -0.25) is 14.5 Å². The van der Waals surface area contributed by atoms with Gasteiger partial charge in [-0.15, -0.1) is 0 Å². The highest BCUT2D eigenvalue weighted by Crippen LogP contribution is 2.25. The summed E-state index contributed by atoms with van der Waals surface area (Å²) in [6.45, 7) is 4.77. The van der Waals surface area contributed by atoms with Crippen LogP contribution in [0, 0.1) is 0 Å². The molecule has 0 aromatic carbocycles. The zero-order chi connectivity index (χ0) is 20.9. The molecule has 4 N–H and O–H groups in total. The fourth-order valence-corrected chi connectivity index (χ4v) is 3.12. The Morgan fingerprint density at radius 3 is 2.36 bits per heavy atom. The first-order valence-corrected chi connectivity index (χ1v) is 9.15. The van der Waals surface area contributed by atoms with Crippen LogP contribution in [0.3, 0.4) is 0 Å². The summed E-state index contributed by atoms with van der Waals surface area (Å²) in [5.74, 6) is -1.44. The van der Waals surface area contributed by atoms with E-state index in [1.807, 2.05) is 0 Å². The highest BCUT2D eigenvalue weighted by atomic mass is 16.6. The van der Waals surface area contributed by atoms with Crippen LogP contribution < -0.4 is 11.1 Å². The van der Waals surface area contributed by atoms with E-state index in [1.54, 1.807) is 20.8 Å². The molecule has 1 aromatic rings. The minimum absolute atomic E-state index is 0.0613. The Hall–Kier alpha value is -2.91. The lowest BCUT2D eigenvalue weighted by Crippen LogP contribution is -2.49. The maximum Gasteiger partial charge on any atom is 0.411 e. The van der Waals surface area contributed by atoms with E-state index in [2.05, 4.69) is 15.3 Å². The number of aliphatic carboxylic acids is 1. The summed E-state index contributed by atoms with van der Waals surface area (Å²) in [6, 6.07) is -0.379. The van der Waals surface area contributed by atoms with Crippen LogP contribution >= 0.6 is 0 Å². The number of ether oxygens (including phenoxy) is 1. The lowest BCUT2D eigenvalue weighted by Gasteiger charge is -2.37. The van der Waals surface area contributed by atoms with Crippen molar-refractivity contribution in [1.29, 1.82) is 0 Å². The van der Waals surface area contributed by atoms with E-state index < -0.39 is 30.1 Å². The van der Waals surface area contributed by atoms with E-state index >= 15 is 0 Å². The second-order valence-electron chi connectivity index (χ2n) is 7.77. The number of nitrogen functional groups attached to an aromatic ring is 1. The van der Waals surface area contributed by atoms with Crippen molar-refractivity contribution in [1.82, 2.24) is 20.2 Å². The molecule has 0 radical (unpaired) electrons. The number of carboxylic acid groups (broad SMARTS) is 1. The second-order valence-corrected chi connectivity index (χ2v) is 7.77. The summed E-state index contributed by atoms with van der Waals surface area (Å²) >= 11 is 0. The van der Waals surface area contributed by atoms with Crippen molar-refractivity contribution in [2.45, 2.75) is 64.1 Å². The summed E-state index contributed by atoms with van der Waals surface area (Å²) < 4.78 is 5.34. The largest absolute Gasteiger partial charge is 0.480 e. The van der Waals surface area contributed by atoms with Crippen molar-refractivity contribution < 1.29 is 24.2 Å². The zero-order valence-corrected chi connectivity index (χ0v) is 16.3. The first-order valence-electron chi connectivity index (χ1n) is 9.15. The van der Waals surface area contributed by atoms with Gasteiger partial charge in [0.25, 0.3) is 5.91 Å². The van der Waals surface area contributed by atoms with Crippen LogP contribution in [-0.4, -0.2) is 62.2 Å². The van der Waals surface area contributed by atoms with Gasteiger partial charge in [-0.05, 0) is 46.5 Å². The van der Waals surface area contributed by atoms with Crippen LogP contribution in [0.15, 0.2) is 12.4 Å². The van der Waals surface area contributed by atoms with E-state index in [1.165, 1.54) is 17.3 Å². The van der Waals surface area contributed by atoms with Gasteiger partial charge in [0.1, 0.15) is 12.1 Å².